The van der Waals surface area contributed by atoms with E-state index in [1.165, 1.54) is 6.20 Å². The van der Waals surface area contributed by atoms with Gasteiger partial charge in [0.05, 0.1) is 11.7 Å². The van der Waals surface area contributed by atoms with E-state index < -0.39 is 9.84 Å². The normalized spacial score (nSPS) is 21.1. The van der Waals surface area contributed by atoms with E-state index in [1.54, 1.807) is 12.3 Å². The van der Waals surface area contributed by atoms with Gasteiger partial charge in [-0.1, -0.05) is 12.2 Å². The Morgan fingerprint density at radius 3 is 3.00 bits per heavy atom. The average molecular weight is 287 g/mol. The predicted molar refractivity (Wildman–Crippen MR) is 77.2 cm³/mol. The molecule has 1 aromatic heterocycles. The van der Waals surface area contributed by atoms with Crippen molar-refractivity contribution in [2.75, 3.05) is 6.26 Å². The number of dihydropyridines is 1. The van der Waals surface area contributed by atoms with Crippen LogP contribution < -0.4 is 0 Å². The summed E-state index contributed by atoms with van der Waals surface area (Å²) in [6.07, 6.45) is 13.1. The van der Waals surface area contributed by atoms with Crippen molar-refractivity contribution in [1.29, 1.82) is 0 Å². The first-order chi connectivity index (χ1) is 9.54. The van der Waals surface area contributed by atoms with Crippen molar-refractivity contribution in [3.05, 3.63) is 47.8 Å². The quantitative estimate of drug-likeness (QED) is 0.775. The molecule has 1 aliphatic carbocycles. The third kappa shape index (κ3) is 2.46. The van der Waals surface area contributed by atoms with Crippen LogP contribution in [0.3, 0.4) is 0 Å². The van der Waals surface area contributed by atoms with Gasteiger partial charge < -0.3 is 0 Å². The van der Waals surface area contributed by atoms with Crippen LogP contribution >= 0.6 is 0 Å². The molecule has 1 aromatic rings. The number of rotatable bonds is 2. The highest BCUT2D eigenvalue weighted by atomic mass is 32.2. The molecule has 6 heteroatoms. The fourth-order valence-corrected chi connectivity index (χ4v) is 2.70. The van der Waals surface area contributed by atoms with Crippen LogP contribution in [-0.4, -0.2) is 36.9 Å². The van der Waals surface area contributed by atoms with Gasteiger partial charge in [-0.2, -0.15) is 0 Å². The summed E-state index contributed by atoms with van der Waals surface area (Å²) in [5, 5.41) is -0.145. The highest BCUT2D eigenvalue weighted by Gasteiger charge is 2.19. The maximum absolute atomic E-state index is 11.5. The highest BCUT2D eigenvalue weighted by Crippen LogP contribution is 2.28. The zero-order chi connectivity index (χ0) is 14.2. The number of aliphatic imine (C=N–C) groups is 1. The summed E-state index contributed by atoms with van der Waals surface area (Å²) in [6, 6.07) is 1.88. The Labute approximate surface area is 117 Å². The Kier molecular flexibility index (Phi) is 3.10. The second kappa shape index (κ2) is 4.79. The molecule has 0 amide bonds. The van der Waals surface area contributed by atoms with Crippen LogP contribution in [-0.2, 0) is 9.84 Å². The molecule has 0 fully saturated rings. The van der Waals surface area contributed by atoms with Gasteiger partial charge in [-0.25, -0.2) is 18.4 Å². The van der Waals surface area contributed by atoms with E-state index in [0.717, 1.165) is 23.8 Å². The van der Waals surface area contributed by atoms with Gasteiger partial charge in [-0.3, -0.25) is 4.99 Å². The SMILES string of the molecule is CS(=O)(=O)c1nccc(C2=CCC3N=CC=CC3=C2)n1. The first-order valence-corrected chi connectivity index (χ1v) is 8.08. The number of fused-ring (bicyclic) bond motifs is 1. The number of sulfone groups is 1. The van der Waals surface area contributed by atoms with Gasteiger partial charge >= 0.3 is 0 Å². The number of allylic oxidation sites excluding steroid dienone is 3. The first kappa shape index (κ1) is 12.9. The first-order valence-electron chi connectivity index (χ1n) is 6.19. The molecule has 0 N–H and O–H groups in total. The van der Waals surface area contributed by atoms with Crippen LogP contribution in [0.5, 0.6) is 0 Å². The summed E-state index contributed by atoms with van der Waals surface area (Å²) in [5.41, 5.74) is 2.64. The van der Waals surface area contributed by atoms with E-state index in [0.29, 0.717) is 5.69 Å². The Morgan fingerprint density at radius 1 is 1.35 bits per heavy atom. The van der Waals surface area contributed by atoms with Gasteiger partial charge in [0.1, 0.15) is 0 Å². The molecule has 0 bridgehead atoms. The van der Waals surface area contributed by atoms with Crippen molar-refractivity contribution in [3.8, 4) is 0 Å². The van der Waals surface area contributed by atoms with Crippen molar-refractivity contribution in [2.45, 2.75) is 17.6 Å². The molecule has 0 aromatic carbocycles. The molecule has 5 nitrogen and oxygen atoms in total. The largest absolute Gasteiger partial charge is 0.285 e. The number of aromatic nitrogens is 2. The van der Waals surface area contributed by atoms with Crippen molar-refractivity contribution in [2.24, 2.45) is 4.99 Å². The number of hydrogen-bond donors (Lipinski definition) is 0. The molecular formula is C14H13N3O2S. The summed E-state index contributed by atoms with van der Waals surface area (Å²) in [7, 11) is -3.39. The Morgan fingerprint density at radius 2 is 2.20 bits per heavy atom. The number of hydrogen-bond acceptors (Lipinski definition) is 5. The smallest absolute Gasteiger partial charge is 0.247 e. The van der Waals surface area contributed by atoms with E-state index in [2.05, 4.69) is 15.0 Å². The lowest BCUT2D eigenvalue weighted by Gasteiger charge is -2.20. The molecule has 0 saturated heterocycles. The lowest BCUT2D eigenvalue weighted by atomic mass is 9.92. The van der Waals surface area contributed by atoms with Gasteiger partial charge in [-0.15, -0.1) is 0 Å². The molecule has 0 saturated carbocycles. The van der Waals surface area contributed by atoms with Crippen LogP contribution in [0, 0.1) is 0 Å². The summed E-state index contributed by atoms with van der Waals surface area (Å²) < 4.78 is 23.0. The third-order valence-electron chi connectivity index (χ3n) is 3.17. The maximum atomic E-state index is 11.5. The maximum Gasteiger partial charge on any atom is 0.247 e. The average Bonchev–Trinajstić information content (AvgIpc) is 2.46. The number of nitrogens with zero attached hydrogens (tertiary/aromatic N) is 3. The molecule has 1 aliphatic heterocycles. The molecule has 102 valence electrons. The minimum Gasteiger partial charge on any atom is -0.285 e. The van der Waals surface area contributed by atoms with Crippen molar-refractivity contribution >= 4 is 21.6 Å². The second-order valence-electron chi connectivity index (χ2n) is 4.71. The van der Waals surface area contributed by atoms with E-state index in [9.17, 15) is 8.42 Å². The molecule has 0 radical (unpaired) electrons. The molecule has 0 spiro atoms. The standard InChI is InChI=1S/C14H13N3O2S/c1-20(18,19)14-16-8-6-13(17-14)11-4-5-12-10(9-11)3-2-7-15-12/h2-4,6-9,12H,5H2,1H3. The van der Waals surface area contributed by atoms with Crippen molar-refractivity contribution < 1.29 is 8.42 Å². The Balaban J connectivity index is 1.99. The lowest BCUT2D eigenvalue weighted by Crippen LogP contribution is -2.13. The molecular weight excluding hydrogens is 274 g/mol. The lowest BCUT2D eigenvalue weighted by molar-refractivity contribution is 0.592. The van der Waals surface area contributed by atoms with E-state index in [4.69, 9.17) is 0 Å². The molecule has 1 unspecified atom stereocenters. The van der Waals surface area contributed by atoms with Crippen LogP contribution in [0.4, 0.5) is 0 Å². The summed E-state index contributed by atoms with van der Waals surface area (Å²) in [4.78, 5) is 12.3. The minimum atomic E-state index is -3.39. The Hall–Kier alpha value is -2.08. The zero-order valence-corrected chi connectivity index (χ0v) is 11.7. The fraction of sp³-hybridized carbons (Fsp3) is 0.214. The van der Waals surface area contributed by atoms with Crippen LogP contribution in [0.1, 0.15) is 12.1 Å². The summed E-state index contributed by atoms with van der Waals surface area (Å²) in [5.74, 6) is 0. The summed E-state index contributed by atoms with van der Waals surface area (Å²) in [6.45, 7) is 0. The zero-order valence-electron chi connectivity index (χ0n) is 10.9. The van der Waals surface area contributed by atoms with Crippen molar-refractivity contribution in [3.63, 3.8) is 0 Å². The molecule has 2 aliphatic rings. The molecule has 20 heavy (non-hydrogen) atoms. The molecule has 3 rings (SSSR count). The van der Waals surface area contributed by atoms with Gasteiger partial charge in [0, 0.05) is 18.7 Å². The van der Waals surface area contributed by atoms with Gasteiger partial charge in [0.2, 0.25) is 15.0 Å². The Bertz CT molecular complexity index is 773. The van der Waals surface area contributed by atoms with Crippen LogP contribution in [0.15, 0.2) is 52.3 Å². The minimum absolute atomic E-state index is 0.145. The van der Waals surface area contributed by atoms with E-state index >= 15 is 0 Å². The third-order valence-corrected chi connectivity index (χ3v) is 4.03. The van der Waals surface area contributed by atoms with Gasteiger partial charge in [0.25, 0.3) is 0 Å². The van der Waals surface area contributed by atoms with Crippen LogP contribution in [0.2, 0.25) is 0 Å². The van der Waals surface area contributed by atoms with E-state index in [-0.39, 0.29) is 11.2 Å². The predicted octanol–water partition coefficient (Wildman–Crippen LogP) is 1.60. The summed E-state index contributed by atoms with van der Waals surface area (Å²) >= 11 is 0. The molecule has 1 atom stereocenters. The van der Waals surface area contributed by atoms with Crippen LogP contribution in [0.25, 0.3) is 5.57 Å². The molecule has 2 heterocycles. The second-order valence-corrected chi connectivity index (χ2v) is 6.62. The highest BCUT2D eigenvalue weighted by molar-refractivity contribution is 7.90. The monoisotopic (exact) mass is 287 g/mol. The fourth-order valence-electron chi connectivity index (χ4n) is 2.18. The topological polar surface area (TPSA) is 72.3 Å². The van der Waals surface area contributed by atoms with Gasteiger partial charge in [0.15, 0.2) is 0 Å². The van der Waals surface area contributed by atoms with E-state index in [1.807, 2.05) is 24.3 Å². The van der Waals surface area contributed by atoms with Crippen molar-refractivity contribution in [1.82, 2.24) is 9.97 Å². The van der Waals surface area contributed by atoms with Gasteiger partial charge in [-0.05, 0) is 35.8 Å².